The molecule has 4 nitrogen and oxygen atoms in total. The fraction of sp³-hybridized carbons (Fsp3) is 0.286. The predicted molar refractivity (Wildman–Crippen MR) is 93.7 cm³/mol. The van der Waals surface area contributed by atoms with Crippen molar-refractivity contribution < 1.29 is 9.32 Å². The molecule has 3 aromatic rings. The largest absolute Gasteiger partial charge is 0.339 e. The Bertz CT molecular complexity index is 915. The molecule has 2 saturated carbocycles. The van der Waals surface area contributed by atoms with Crippen molar-refractivity contribution in [2.45, 2.75) is 25.2 Å². The van der Waals surface area contributed by atoms with E-state index in [0.717, 1.165) is 30.4 Å². The lowest BCUT2D eigenvalue weighted by atomic mass is 9.88. The Morgan fingerprint density at radius 3 is 2.24 bits per heavy atom. The molecule has 1 heterocycles. The van der Waals surface area contributed by atoms with Crippen LogP contribution in [-0.4, -0.2) is 15.9 Å². The lowest BCUT2D eigenvalue weighted by molar-refractivity contribution is -0.122. The zero-order chi connectivity index (χ0) is 16.8. The van der Waals surface area contributed by atoms with E-state index >= 15 is 0 Å². The SMILES string of the molecule is O=C1C[C@@H]2CC(c3nc(-c4ccc(-c5ccccc5)cc4)no3)[C@H]1C2. The number of ketones is 1. The van der Waals surface area contributed by atoms with Crippen LogP contribution in [0, 0.1) is 11.8 Å². The third-order valence-corrected chi connectivity index (χ3v) is 5.57. The molecule has 0 spiro atoms. The van der Waals surface area contributed by atoms with Crippen LogP contribution in [0.5, 0.6) is 0 Å². The highest BCUT2D eigenvalue weighted by Crippen LogP contribution is 2.50. The van der Waals surface area contributed by atoms with E-state index in [1.165, 1.54) is 5.56 Å². The molecule has 2 aliphatic carbocycles. The molecule has 0 saturated heterocycles. The summed E-state index contributed by atoms with van der Waals surface area (Å²) < 4.78 is 5.51. The van der Waals surface area contributed by atoms with Gasteiger partial charge < -0.3 is 4.52 Å². The van der Waals surface area contributed by atoms with Crippen molar-refractivity contribution in [3.63, 3.8) is 0 Å². The minimum Gasteiger partial charge on any atom is -0.339 e. The van der Waals surface area contributed by atoms with Gasteiger partial charge in [-0.1, -0.05) is 59.8 Å². The summed E-state index contributed by atoms with van der Waals surface area (Å²) in [5.41, 5.74) is 3.28. The van der Waals surface area contributed by atoms with Gasteiger partial charge in [0.1, 0.15) is 5.78 Å². The van der Waals surface area contributed by atoms with Gasteiger partial charge in [-0.15, -0.1) is 0 Å². The highest BCUT2D eigenvalue weighted by molar-refractivity contribution is 5.85. The molecule has 1 unspecified atom stereocenters. The molecule has 0 radical (unpaired) electrons. The molecule has 124 valence electrons. The predicted octanol–water partition coefficient (Wildman–Crippen LogP) is 4.49. The van der Waals surface area contributed by atoms with Crippen molar-refractivity contribution in [3.05, 3.63) is 60.5 Å². The van der Waals surface area contributed by atoms with Crippen molar-refractivity contribution >= 4 is 5.78 Å². The van der Waals surface area contributed by atoms with Gasteiger partial charge in [0.05, 0.1) is 0 Å². The van der Waals surface area contributed by atoms with Gasteiger partial charge in [-0.3, -0.25) is 4.79 Å². The first-order valence-electron chi connectivity index (χ1n) is 8.80. The third-order valence-electron chi connectivity index (χ3n) is 5.57. The summed E-state index contributed by atoms with van der Waals surface area (Å²) in [6.07, 6.45) is 2.74. The van der Waals surface area contributed by atoms with Crippen LogP contribution in [-0.2, 0) is 4.79 Å². The van der Waals surface area contributed by atoms with Crippen LogP contribution in [0.2, 0.25) is 0 Å². The number of hydrogen-bond donors (Lipinski definition) is 0. The lowest BCUT2D eigenvalue weighted by Gasteiger charge is -2.16. The van der Waals surface area contributed by atoms with E-state index in [1.54, 1.807) is 0 Å². The molecule has 5 rings (SSSR count). The van der Waals surface area contributed by atoms with Crippen molar-refractivity contribution in [1.82, 2.24) is 10.1 Å². The van der Waals surface area contributed by atoms with Gasteiger partial charge in [0.15, 0.2) is 0 Å². The van der Waals surface area contributed by atoms with Crippen LogP contribution in [0.3, 0.4) is 0 Å². The molecule has 1 aromatic heterocycles. The van der Waals surface area contributed by atoms with Crippen LogP contribution >= 0.6 is 0 Å². The van der Waals surface area contributed by atoms with Gasteiger partial charge in [-0.25, -0.2) is 0 Å². The zero-order valence-electron chi connectivity index (χ0n) is 13.8. The molecule has 2 aliphatic rings. The van der Waals surface area contributed by atoms with Crippen LogP contribution in [0.4, 0.5) is 0 Å². The first-order chi connectivity index (χ1) is 12.3. The molecule has 4 heteroatoms. The van der Waals surface area contributed by atoms with Crippen LogP contribution < -0.4 is 0 Å². The number of Topliss-reactive ketones (excluding diaryl/α,β-unsaturated/α-hetero) is 1. The maximum atomic E-state index is 12.0. The molecule has 0 amide bonds. The number of carbonyl (C=O) groups excluding carboxylic acids is 1. The van der Waals surface area contributed by atoms with E-state index in [4.69, 9.17) is 4.52 Å². The van der Waals surface area contributed by atoms with Crippen molar-refractivity contribution in [2.75, 3.05) is 0 Å². The van der Waals surface area contributed by atoms with E-state index < -0.39 is 0 Å². The highest BCUT2D eigenvalue weighted by Gasteiger charge is 2.48. The zero-order valence-corrected chi connectivity index (χ0v) is 13.8. The first-order valence-corrected chi connectivity index (χ1v) is 8.80. The quantitative estimate of drug-likeness (QED) is 0.710. The maximum absolute atomic E-state index is 12.0. The average molecular weight is 330 g/mol. The Hall–Kier alpha value is -2.75. The summed E-state index contributed by atoms with van der Waals surface area (Å²) in [5.74, 6) is 2.33. The van der Waals surface area contributed by atoms with Crippen molar-refractivity contribution in [2.24, 2.45) is 11.8 Å². The summed E-state index contributed by atoms with van der Waals surface area (Å²) in [4.78, 5) is 16.6. The lowest BCUT2D eigenvalue weighted by Crippen LogP contribution is -2.18. The van der Waals surface area contributed by atoms with Crippen molar-refractivity contribution in [1.29, 1.82) is 0 Å². The smallest absolute Gasteiger partial charge is 0.230 e. The summed E-state index contributed by atoms with van der Waals surface area (Å²) in [6, 6.07) is 18.4. The van der Waals surface area contributed by atoms with Gasteiger partial charge in [0.25, 0.3) is 0 Å². The van der Waals surface area contributed by atoms with E-state index in [0.29, 0.717) is 23.4 Å². The normalized spacial score (nSPS) is 24.8. The van der Waals surface area contributed by atoms with Crippen LogP contribution in [0.1, 0.15) is 31.1 Å². The number of rotatable bonds is 3. The Morgan fingerprint density at radius 1 is 0.840 bits per heavy atom. The number of fused-ring (bicyclic) bond motifs is 2. The van der Waals surface area contributed by atoms with E-state index in [-0.39, 0.29) is 11.8 Å². The Morgan fingerprint density at radius 2 is 1.52 bits per heavy atom. The second-order valence-corrected chi connectivity index (χ2v) is 7.12. The average Bonchev–Trinajstić information content (AvgIpc) is 3.37. The van der Waals surface area contributed by atoms with Gasteiger partial charge >= 0.3 is 0 Å². The Balaban J connectivity index is 1.40. The summed E-state index contributed by atoms with van der Waals surface area (Å²) >= 11 is 0. The fourth-order valence-electron chi connectivity index (χ4n) is 4.32. The Labute approximate surface area is 145 Å². The monoisotopic (exact) mass is 330 g/mol. The Kier molecular flexibility index (Phi) is 3.30. The molecule has 3 atom stereocenters. The second kappa shape index (κ2) is 5.66. The number of benzene rings is 2. The first kappa shape index (κ1) is 14.6. The molecule has 25 heavy (non-hydrogen) atoms. The molecule has 0 aliphatic heterocycles. The molecular formula is C21H18N2O2. The summed E-state index contributed by atoms with van der Waals surface area (Å²) in [7, 11) is 0. The number of carbonyl (C=O) groups is 1. The third kappa shape index (κ3) is 2.49. The van der Waals surface area contributed by atoms with E-state index in [2.05, 4.69) is 34.4 Å². The maximum Gasteiger partial charge on any atom is 0.230 e. The molecule has 2 aromatic carbocycles. The molecule has 2 fully saturated rings. The minimum absolute atomic E-state index is 0.0961. The van der Waals surface area contributed by atoms with Gasteiger partial charge in [-0.2, -0.15) is 4.98 Å². The van der Waals surface area contributed by atoms with Crippen molar-refractivity contribution in [3.8, 4) is 22.5 Å². The van der Waals surface area contributed by atoms with Gasteiger partial charge in [0, 0.05) is 23.8 Å². The van der Waals surface area contributed by atoms with Crippen LogP contribution in [0.15, 0.2) is 59.1 Å². The molecule has 0 N–H and O–H groups in total. The fourth-order valence-corrected chi connectivity index (χ4v) is 4.32. The van der Waals surface area contributed by atoms with Gasteiger partial charge in [-0.05, 0) is 29.9 Å². The standard InChI is InChI=1S/C21H18N2O2/c24-19-12-13-10-17(19)18(11-13)21-22-20(23-25-21)16-8-6-15(7-9-16)14-4-2-1-3-5-14/h1-9,13,17-18H,10-12H2/t13-,17+,18?/m0/s1. The molecular weight excluding hydrogens is 312 g/mol. The minimum atomic E-state index is 0.0961. The molecule has 2 bridgehead atoms. The number of hydrogen-bond acceptors (Lipinski definition) is 4. The topological polar surface area (TPSA) is 56.0 Å². The summed E-state index contributed by atoms with van der Waals surface area (Å²) in [6.45, 7) is 0. The van der Waals surface area contributed by atoms with E-state index in [1.807, 2.05) is 30.3 Å². The highest BCUT2D eigenvalue weighted by atomic mass is 16.5. The number of nitrogens with zero attached hydrogens (tertiary/aromatic N) is 2. The van der Waals surface area contributed by atoms with E-state index in [9.17, 15) is 4.79 Å². The summed E-state index contributed by atoms with van der Waals surface area (Å²) in [5, 5.41) is 4.14. The van der Waals surface area contributed by atoms with Crippen LogP contribution in [0.25, 0.3) is 22.5 Å². The second-order valence-electron chi connectivity index (χ2n) is 7.12. The van der Waals surface area contributed by atoms with Gasteiger partial charge in [0.2, 0.25) is 11.7 Å². The number of aromatic nitrogens is 2.